The van der Waals surface area contributed by atoms with Gasteiger partial charge in [-0.15, -0.1) is 4.31 Å². The average molecular weight is 470 g/mol. The van der Waals surface area contributed by atoms with Crippen LogP contribution in [0.1, 0.15) is 122 Å². The van der Waals surface area contributed by atoms with Crippen molar-refractivity contribution in [3.63, 3.8) is 0 Å². The molecular weight excluding hydrogens is 426 g/mol. The Kier molecular flexibility index (Phi) is 12.3. The van der Waals surface area contributed by atoms with Crippen molar-refractivity contribution in [2.45, 2.75) is 117 Å². The van der Waals surface area contributed by atoms with E-state index >= 15 is 0 Å². The Morgan fingerprint density at radius 1 is 0.906 bits per heavy atom. The Labute approximate surface area is 195 Å². The molecule has 0 bridgehead atoms. The van der Waals surface area contributed by atoms with E-state index in [1.807, 2.05) is 33.8 Å². The zero-order valence-electron chi connectivity index (χ0n) is 20.8. The van der Waals surface area contributed by atoms with Crippen molar-refractivity contribution < 1.29 is 22.5 Å². The fraction of sp³-hybridized carbons (Fsp3) is 0.720. The second-order valence-electron chi connectivity index (χ2n) is 9.27. The van der Waals surface area contributed by atoms with Crippen LogP contribution in [0.4, 0.5) is 10.5 Å². The number of hydrogen-bond donors (Lipinski definition) is 1. The summed E-state index contributed by atoms with van der Waals surface area (Å²) in [6.07, 6.45) is 7.67. The van der Waals surface area contributed by atoms with Crippen LogP contribution in [0, 0.1) is 0 Å². The number of carboxylic acid groups (broad SMARTS) is 1. The van der Waals surface area contributed by atoms with Gasteiger partial charge in [0.1, 0.15) is 0 Å². The molecule has 1 rings (SSSR count). The fourth-order valence-electron chi connectivity index (χ4n) is 3.91. The molecule has 0 aliphatic carbocycles. The Hall–Kier alpha value is -1.60. The Morgan fingerprint density at radius 3 is 1.81 bits per heavy atom. The smallest absolute Gasteiger partial charge is 0.427 e. The third-order valence-electron chi connectivity index (χ3n) is 5.69. The van der Waals surface area contributed by atoms with Gasteiger partial charge in [-0.05, 0) is 36.3 Å². The SMILES string of the molecule is CCCCCCCCCCC(C)OS(=O)(=O)N(C(=O)O)c1c(C(C)C)cccc1C(C)C. The van der Waals surface area contributed by atoms with Crippen LogP contribution in [-0.2, 0) is 14.5 Å². The van der Waals surface area contributed by atoms with Gasteiger partial charge in [0.15, 0.2) is 0 Å². The van der Waals surface area contributed by atoms with E-state index in [1.54, 1.807) is 19.1 Å². The molecule has 1 atom stereocenters. The van der Waals surface area contributed by atoms with Crippen molar-refractivity contribution in [3.8, 4) is 0 Å². The summed E-state index contributed by atoms with van der Waals surface area (Å²) in [6.45, 7) is 11.6. The van der Waals surface area contributed by atoms with Crippen LogP contribution in [0.5, 0.6) is 0 Å². The van der Waals surface area contributed by atoms with Gasteiger partial charge in [0.2, 0.25) is 0 Å². The summed E-state index contributed by atoms with van der Waals surface area (Å²) in [4.78, 5) is 12.2. The summed E-state index contributed by atoms with van der Waals surface area (Å²) < 4.78 is 32.0. The lowest BCUT2D eigenvalue weighted by Gasteiger charge is -2.27. The number of unbranched alkanes of at least 4 members (excludes halogenated alkanes) is 7. The molecule has 32 heavy (non-hydrogen) atoms. The molecule has 0 saturated carbocycles. The maximum Gasteiger partial charge on any atom is 0.427 e. The van der Waals surface area contributed by atoms with E-state index in [9.17, 15) is 18.3 Å². The van der Waals surface area contributed by atoms with Crippen LogP contribution < -0.4 is 4.31 Å². The minimum absolute atomic E-state index is 0.0458. The Balaban J connectivity index is 2.91. The number of nitrogens with zero attached hydrogens (tertiary/aromatic N) is 1. The normalized spacial score (nSPS) is 13.0. The van der Waals surface area contributed by atoms with Crippen molar-refractivity contribution in [2.24, 2.45) is 0 Å². The summed E-state index contributed by atoms with van der Waals surface area (Å²) in [5, 5.41) is 9.89. The molecule has 1 aromatic carbocycles. The van der Waals surface area contributed by atoms with Gasteiger partial charge >= 0.3 is 16.4 Å². The topological polar surface area (TPSA) is 83.9 Å². The summed E-state index contributed by atoms with van der Waals surface area (Å²) in [5.41, 5.74) is 1.53. The molecule has 1 amide bonds. The first-order chi connectivity index (χ1) is 15.0. The maximum absolute atomic E-state index is 13.1. The Morgan fingerprint density at radius 2 is 1.38 bits per heavy atom. The van der Waals surface area contributed by atoms with Gasteiger partial charge in [0, 0.05) is 0 Å². The summed E-state index contributed by atoms with van der Waals surface area (Å²) in [7, 11) is -4.51. The first-order valence-corrected chi connectivity index (χ1v) is 13.5. The standard InChI is InChI=1S/C25H43NO5S/c1-7-8-9-10-11-12-13-14-16-21(6)31-32(29,30)26(25(27)28)24-22(19(2)3)17-15-18-23(24)20(4)5/h15,17-21H,7-14,16H2,1-6H3,(H,27,28). The zero-order valence-corrected chi connectivity index (χ0v) is 21.6. The molecule has 6 nitrogen and oxygen atoms in total. The first kappa shape index (κ1) is 28.4. The molecule has 1 N–H and O–H groups in total. The number of carbonyl (C=O) groups is 1. The third-order valence-corrected chi connectivity index (χ3v) is 7.05. The molecule has 0 aliphatic rings. The van der Waals surface area contributed by atoms with Gasteiger partial charge in [-0.25, -0.2) is 4.79 Å². The first-order valence-electron chi connectivity index (χ1n) is 12.1. The van der Waals surface area contributed by atoms with Crippen LogP contribution in [0.2, 0.25) is 0 Å². The van der Waals surface area contributed by atoms with Crippen LogP contribution in [0.15, 0.2) is 18.2 Å². The van der Waals surface area contributed by atoms with E-state index in [0.29, 0.717) is 21.9 Å². The highest BCUT2D eigenvalue weighted by Crippen LogP contribution is 2.37. The molecule has 0 aliphatic heterocycles. The lowest BCUT2D eigenvalue weighted by Crippen LogP contribution is -2.40. The molecule has 7 heteroatoms. The number of anilines is 1. The van der Waals surface area contributed by atoms with Crippen molar-refractivity contribution in [1.29, 1.82) is 0 Å². The quantitative estimate of drug-likeness (QED) is 0.267. The molecule has 0 fully saturated rings. The van der Waals surface area contributed by atoms with E-state index in [0.717, 1.165) is 19.3 Å². The maximum atomic E-state index is 13.1. The van der Waals surface area contributed by atoms with Gasteiger partial charge in [0.25, 0.3) is 0 Å². The highest BCUT2D eigenvalue weighted by Gasteiger charge is 2.36. The van der Waals surface area contributed by atoms with E-state index in [-0.39, 0.29) is 17.5 Å². The number of rotatable bonds is 15. The van der Waals surface area contributed by atoms with Crippen LogP contribution >= 0.6 is 0 Å². The van der Waals surface area contributed by atoms with Gasteiger partial charge in [-0.2, -0.15) is 8.42 Å². The molecule has 0 saturated heterocycles. The summed E-state index contributed by atoms with van der Waals surface area (Å²) in [6, 6.07) is 5.40. The fourth-order valence-corrected chi connectivity index (χ4v) is 5.14. The summed E-state index contributed by atoms with van der Waals surface area (Å²) >= 11 is 0. The number of hydrogen-bond acceptors (Lipinski definition) is 4. The van der Waals surface area contributed by atoms with Gasteiger partial charge in [0.05, 0.1) is 11.8 Å². The van der Waals surface area contributed by atoms with E-state index in [1.165, 1.54) is 32.1 Å². The molecule has 1 unspecified atom stereocenters. The minimum Gasteiger partial charge on any atom is -0.464 e. The molecule has 0 spiro atoms. The van der Waals surface area contributed by atoms with E-state index in [2.05, 4.69) is 6.92 Å². The second-order valence-corrected chi connectivity index (χ2v) is 10.7. The van der Waals surface area contributed by atoms with Gasteiger partial charge < -0.3 is 5.11 Å². The summed E-state index contributed by atoms with van der Waals surface area (Å²) in [5.74, 6) is -0.0917. The van der Waals surface area contributed by atoms with Gasteiger partial charge in [-0.1, -0.05) is 104 Å². The molecular formula is C25H43NO5S. The van der Waals surface area contributed by atoms with Crippen molar-refractivity contribution in [2.75, 3.05) is 4.31 Å². The highest BCUT2D eigenvalue weighted by atomic mass is 32.2. The Bertz CT molecular complexity index is 778. The predicted molar refractivity (Wildman–Crippen MR) is 132 cm³/mol. The van der Waals surface area contributed by atoms with E-state index in [4.69, 9.17) is 4.18 Å². The number of benzene rings is 1. The number of amides is 1. The lowest BCUT2D eigenvalue weighted by molar-refractivity contribution is 0.196. The van der Waals surface area contributed by atoms with Crippen LogP contribution in [-0.4, -0.2) is 25.7 Å². The largest absolute Gasteiger partial charge is 0.464 e. The number of para-hydroxylation sites is 1. The second kappa shape index (κ2) is 13.8. The molecule has 0 radical (unpaired) electrons. The zero-order chi connectivity index (χ0) is 24.3. The lowest BCUT2D eigenvalue weighted by atomic mass is 9.93. The van der Waals surface area contributed by atoms with Crippen molar-refractivity contribution in [3.05, 3.63) is 29.3 Å². The molecule has 184 valence electrons. The monoisotopic (exact) mass is 469 g/mol. The average Bonchev–Trinajstić information content (AvgIpc) is 2.68. The van der Waals surface area contributed by atoms with Gasteiger partial charge in [-0.3, -0.25) is 4.18 Å². The van der Waals surface area contributed by atoms with Crippen molar-refractivity contribution >= 4 is 22.1 Å². The third kappa shape index (κ3) is 8.74. The predicted octanol–water partition coefficient (Wildman–Crippen LogP) is 7.60. The molecule has 1 aromatic rings. The molecule has 0 aromatic heterocycles. The van der Waals surface area contributed by atoms with Crippen LogP contribution in [0.3, 0.4) is 0 Å². The molecule has 0 heterocycles. The van der Waals surface area contributed by atoms with Crippen molar-refractivity contribution in [1.82, 2.24) is 0 Å². The van der Waals surface area contributed by atoms with Crippen LogP contribution in [0.25, 0.3) is 0 Å². The minimum atomic E-state index is -4.51. The highest BCUT2D eigenvalue weighted by molar-refractivity contribution is 7.89. The van der Waals surface area contributed by atoms with E-state index < -0.39 is 22.5 Å².